The van der Waals surface area contributed by atoms with Gasteiger partial charge in [0.1, 0.15) is 0 Å². The Hall–Kier alpha value is -2.16. The van der Waals surface area contributed by atoms with Gasteiger partial charge in [0.15, 0.2) is 0 Å². The van der Waals surface area contributed by atoms with Gasteiger partial charge < -0.3 is 4.57 Å². The van der Waals surface area contributed by atoms with Crippen molar-refractivity contribution in [1.82, 2.24) is 4.57 Å². The molecule has 0 saturated heterocycles. The van der Waals surface area contributed by atoms with Crippen LogP contribution in [-0.4, -0.2) is 4.57 Å². The second-order valence-electron chi connectivity index (χ2n) is 6.03. The van der Waals surface area contributed by atoms with E-state index < -0.39 is 0 Å². The second kappa shape index (κ2) is 4.17. The molecule has 0 amide bonds. The highest BCUT2D eigenvalue weighted by Gasteiger charge is 2.36. The maximum atomic E-state index is 12.1. The summed E-state index contributed by atoms with van der Waals surface area (Å²) in [6.07, 6.45) is 2.87. The van der Waals surface area contributed by atoms with E-state index in [4.69, 9.17) is 0 Å². The minimum atomic E-state index is -0.289. The number of nitrogens with zero attached hydrogens (tertiary/aromatic N) is 1. The summed E-state index contributed by atoms with van der Waals surface area (Å²) in [6.45, 7) is 2.13. The fraction of sp³-hybridized carbons (Fsp3) is 0.333. The first-order chi connectivity index (χ1) is 10.1. The molecular weight excluding hydrogens is 262 g/mol. The Kier molecular flexibility index (Phi) is 2.49. The molecular formula is C18H17NO2. The first-order valence-corrected chi connectivity index (χ1v) is 7.55. The zero-order valence-electron chi connectivity index (χ0n) is 12.3. The molecule has 0 bridgehead atoms. The van der Waals surface area contributed by atoms with Gasteiger partial charge in [0.25, 0.3) is 0 Å². The first kappa shape index (κ1) is 12.6. The van der Waals surface area contributed by atoms with E-state index in [0.717, 1.165) is 41.3 Å². The van der Waals surface area contributed by atoms with Crippen molar-refractivity contribution in [2.45, 2.75) is 32.1 Å². The molecule has 0 fully saturated rings. The number of fused-ring (bicyclic) bond motifs is 5. The van der Waals surface area contributed by atoms with Crippen LogP contribution >= 0.6 is 0 Å². The highest BCUT2D eigenvalue weighted by atomic mass is 16.2. The van der Waals surface area contributed by atoms with E-state index in [-0.39, 0.29) is 16.8 Å². The molecule has 1 aliphatic carbocycles. The number of aromatic nitrogens is 1. The molecule has 21 heavy (non-hydrogen) atoms. The molecule has 0 aliphatic heterocycles. The van der Waals surface area contributed by atoms with Crippen molar-refractivity contribution in [3.05, 3.63) is 56.0 Å². The Morgan fingerprint density at radius 2 is 1.90 bits per heavy atom. The standard InChI is InChI=1S/C18H17NO2/c1-3-6-10-9-13-15(16-14(10)17(20)18(16)21)11-7-4-5-8-12(11)19(13)2/h4-5,7-8,10H,3,6,9H2,1-2H3. The lowest BCUT2D eigenvalue weighted by atomic mass is 9.75. The predicted molar refractivity (Wildman–Crippen MR) is 84.6 cm³/mol. The van der Waals surface area contributed by atoms with Gasteiger partial charge in [-0.2, -0.15) is 0 Å². The van der Waals surface area contributed by atoms with Gasteiger partial charge in [-0.3, -0.25) is 9.59 Å². The SMILES string of the molecule is CCCC1Cc2c(c3ccccc3n2C)-c2c1c(=O)c2=O. The smallest absolute Gasteiger partial charge is 0.234 e. The summed E-state index contributed by atoms with van der Waals surface area (Å²) in [5, 5.41) is 1.10. The molecule has 1 heterocycles. The van der Waals surface area contributed by atoms with Crippen LogP contribution in [0.1, 0.15) is 36.9 Å². The Bertz CT molecular complexity index is 938. The maximum absolute atomic E-state index is 12.1. The molecule has 3 nitrogen and oxygen atoms in total. The predicted octanol–water partition coefficient (Wildman–Crippen LogP) is 2.88. The second-order valence-corrected chi connectivity index (χ2v) is 6.03. The summed E-state index contributed by atoms with van der Waals surface area (Å²) in [5.74, 6) is 0.214. The minimum absolute atomic E-state index is 0.214. The van der Waals surface area contributed by atoms with Crippen LogP contribution in [0.3, 0.4) is 0 Å². The molecule has 1 aromatic heterocycles. The monoisotopic (exact) mass is 279 g/mol. The maximum Gasteiger partial charge on any atom is 0.234 e. The van der Waals surface area contributed by atoms with Crippen LogP contribution in [0.15, 0.2) is 33.9 Å². The summed E-state index contributed by atoms with van der Waals surface area (Å²) in [7, 11) is 2.06. The summed E-state index contributed by atoms with van der Waals surface area (Å²) < 4.78 is 2.19. The van der Waals surface area contributed by atoms with Gasteiger partial charge in [-0.1, -0.05) is 31.5 Å². The third kappa shape index (κ3) is 1.44. The van der Waals surface area contributed by atoms with Gasteiger partial charge in [0.2, 0.25) is 10.9 Å². The van der Waals surface area contributed by atoms with E-state index in [1.54, 1.807) is 0 Å². The van der Waals surface area contributed by atoms with Gasteiger partial charge in [-0.15, -0.1) is 0 Å². The first-order valence-electron chi connectivity index (χ1n) is 7.55. The van der Waals surface area contributed by atoms with Crippen molar-refractivity contribution < 1.29 is 0 Å². The zero-order chi connectivity index (χ0) is 14.7. The molecule has 3 aromatic rings. The lowest BCUT2D eigenvalue weighted by molar-refractivity contribution is 0.579. The molecule has 0 N–H and O–H groups in total. The summed E-state index contributed by atoms with van der Waals surface area (Å²) in [4.78, 5) is 24.2. The summed E-state index contributed by atoms with van der Waals surface area (Å²) >= 11 is 0. The molecule has 1 aliphatic rings. The number of benzene rings is 1. The quantitative estimate of drug-likeness (QED) is 0.677. The number of aryl methyl sites for hydroxylation is 1. The van der Waals surface area contributed by atoms with Crippen molar-refractivity contribution in [2.24, 2.45) is 7.05 Å². The van der Waals surface area contributed by atoms with E-state index in [0.29, 0.717) is 5.56 Å². The number of para-hydroxylation sites is 1. The van der Waals surface area contributed by atoms with Crippen molar-refractivity contribution in [2.75, 3.05) is 0 Å². The molecule has 0 saturated carbocycles. The normalized spacial score (nSPS) is 17.1. The van der Waals surface area contributed by atoms with Crippen LogP contribution < -0.4 is 10.9 Å². The van der Waals surface area contributed by atoms with Crippen molar-refractivity contribution in [3.8, 4) is 11.1 Å². The fourth-order valence-electron chi connectivity index (χ4n) is 3.94. The van der Waals surface area contributed by atoms with Crippen molar-refractivity contribution >= 4 is 10.9 Å². The van der Waals surface area contributed by atoms with E-state index in [1.807, 2.05) is 12.1 Å². The van der Waals surface area contributed by atoms with Crippen LogP contribution in [0.2, 0.25) is 0 Å². The van der Waals surface area contributed by atoms with Crippen LogP contribution in [0, 0.1) is 0 Å². The van der Waals surface area contributed by atoms with Gasteiger partial charge >= 0.3 is 0 Å². The van der Waals surface area contributed by atoms with E-state index in [1.165, 1.54) is 5.69 Å². The van der Waals surface area contributed by atoms with Gasteiger partial charge in [-0.25, -0.2) is 0 Å². The number of hydrogen-bond acceptors (Lipinski definition) is 2. The highest BCUT2D eigenvalue weighted by molar-refractivity contribution is 6.00. The molecule has 2 aromatic carbocycles. The summed E-state index contributed by atoms with van der Waals surface area (Å²) in [5.41, 5.74) is 4.32. The molecule has 0 radical (unpaired) electrons. The third-order valence-corrected chi connectivity index (χ3v) is 4.91. The average molecular weight is 279 g/mol. The van der Waals surface area contributed by atoms with Gasteiger partial charge in [0.05, 0.1) is 0 Å². The largest absolute Gasteiger partial charge is 0.347 e. The Morgan fingerprint density at radius 1 is 1.14 bits per heavy atom. The van der Waals surface area contributed by atoms with Crippen LogP contribution in [-0.2, 0) is 13.5 Å². The van der Waals surface area contributed by atoms with Crippen molar-refractivity contribution in [1.29, 1.82) is 0 Å². The number of hydrogen-bond donors (Lipinski definition) is 0. The van der Waals surface area contributed by atoms with Gasteiger partial charge in [0, 0.05) is 40.3 Å². The highest BCUT2D eigenvalue weighted by Crippen LogP contribution is 2.44. The zero-order valence-corrected chi connectivity index (χ0v) is 12.3. The molecule has 0 spiro atoms. The Labute approximate surface area is 122 Å². The molecule has 106 valence electrons. The molecule has 1 unspecified atom stereocenters. The third-order valence-electron chi connectivity index (χ3n) is 4.91. The summed E-state index contributed by atoms with van der Waals surface area (Å²) in [6, 6.07) is 8.13. The van der Waals surface area contributed by atoms with Crippen molar-refractivity contribution in [3.63, 3.8) is 0 Å². The minimum Gasteiger partial charge on any atom is -0.347 e. The van der Waals surface area contributed by atoms with Gasteiger partial charge in [-0.05, 0) is 24.8 Å². The van der Waals surface area contributed by atoms with Crippen LogP contribution in [0.25, 0.3) is 22.0 Å². The molecule has 1 atom stereocenters. The molecule has 3 heteroatoms. The van der Waals surface area contributed by atoms with E-state index in [2.05, 4.69) is 30.7 Å². The molecule has 4 rings (SSSR count). The Balaban J connectivity index is 2.08. The van der Waals surface area contributed by atoms with E-state index >= 15 is 0 Å². The van der Waals surface area contributed by atoms with Crippen LogP contribution in [0.5, 0.6) is 0 Å². The number of rotatable bonds is 2. The van der Waals surface area contributed by atoms with E-state index in [9.17, 15) is 9.59 Å². The van der Waals surface area contributed by atoms with Crippen LogP contribution in [0.4, 0.5) is 0 Å². The average Bonchev–Trinajstić information content (AvgIpc) is 2.78. The topological polar surface area (TPSA) is 39.1 Å². The Morgan fingerprint density at radius 3 is 2.67 bits per heavy atom. The fourth-order valence-corrected chi connectivity index (χ4v) is 3.94. The lowest BCUT2D eigenvalue weighted by Crippen LogP contribution is -2.41. The lowest BCUT2D eigenvalue weighted by Gasteiger charge is -2.27.